The first-order valence-electron chi connectivity index (χ1n) is 11.7. The number of fused-ring (bicyclic) bond motifs is 1. The van der Waals surface area contributed by atoms with E-state index in [0.29, 0.717) is 11.8 Å². The third-order valence-electron chi connectivity index (χ3n) is 6.75. The van der Waals surface area contributed by atoms with Gasteiger partial charge in [0.1, 0.15) is 5.60 Å². The summed E-state index contributed by atoms with van der Waals surface area (Å²) in [4.78, 5) is 0. The predicted molar refractivity (Wildman–Crippen MR) is 130 cm³/mol. The molecule has 0 aromatic carbocycles. The van der Waals surface area contributed by atoms with Crippen molar-refractivity contribution in [2.45, 2.75) is 97.7 Å². The van der Waals surface area contributed by atoms with Gasteiger partial charge in [0.25, 0.3) is 0 Å². The Balaban J connectivity index is 0.00000106. The zero-order valence-electron chi connectivity index (χ0n) is 20.1. The second kappa shape index (κ2) is 11.7. The molecule has 3 rings (SSSR count). The van der Waals surface area contributed by atoms with Crippen LogP contribution in [0.2, 0.25) is 0 Å². The van der Waals surface area contributed by atoms with Crippen LogP contribution < -0.4 is 0 Å². The molecule has 3 aliphatic carbocycles. The SMILES string of the molecule is C=C.C=C1/C(=C\C=C2/CCCC3(C)C(C#CC(C)(C)O)CCC23)CCC[C@@H]1O.CC. The first kappa shape index (κ1) is 26.5. The van der Waals surface area contributed by atoms with Gasteiger partial charge in [-0.25, -0.2) is 0 Å². The van der Waals surface area contributed by atoms with Crippen molar-refractivity contribution in [1.29, 1.82) is 0 Å². The molecule has 168 valence electrons. The van der Waals surface area contributed by atoms with E-state index in [-0.39, 0.29) is 11.5 Å². The fraction of sp³-hybridized carbons (Fsp3) is 0.643. The van der Waals surface area contributed by atoms with Crippen molar-refractivity contribution in [3.8, 4) is 11.8 Å². The molecule has 3 aliphatic rings. The average molecular weight is 413 g/mol. The second-order valence-corrected chi connectivity index (χ2v) is 9.24. The van der Waals surface area contributed by atoms with E-state index < -0.39 is 5.60 Å². The van der Waals surface area contributed by atoms with Crippen LogP contribution in [0.25, 0.3) is 0 Å². The van der Waals surface area contributed by atoms with Crippen LogP contribution in [0.15, 0.2) is 48.6 Å². The van der Waals surface area contributed by atoms with E-state index in [9.17, 15) is 10.2 Å². The number of aliphatic hydroxyl groups excluding tert-OH is 1. The van der Waals surface area contributed by atoms with Crippen LogP contribution in [0.4, 0.5) is 0 Å². The molecule has 0 amide bonds. The minimum absolute atomic E-state index is 0.226. The fourth-order valence-corrected chi connectivity index (χ4v) is 5.17. The Morgan fingerprint density at radius 3 is 2.37 bits per heavy atom. The lowest BCUT2D eigenvalue weighted by Crippen LogP contribution is -2.33. The summed E-state index contributed by atoms with van der Waals surface area (Å²) in [6.07, 6.45) is 13.0. The van der Waals surface area contributed by atoms with Crippen molar-refractivity contribution in [3.63, 3.8) is 0 Å². The maximum Gasteiger partial charge on any atom is 0.119 e. The molecule has 0 spiro atoms. The lowest BCUT2D eigenvalue weighted by Gasteiger charge is -2.40. The van der Waals surface area contributed by atoms with E-state index in [1.807, 2.05) is 13.8 Å². The van der Waals surface area contributed by atoms with Crippen molar-refractivity contribution < 1.29 is 10.2 Å². The largest absolute Gasteiger partial charge is 0.388 e. The Kier molecular flexibility index (Phi) is 10.4. The molecular weight excluding hydrogens is 368 g/mol. The predicted octanol–water partition coefficient (Wildman–Crippen LogP) is 6.76. The molecule has 0 aromatic heterocycles. The number of aliphatic hydroxyl groups is 2. The molecule has 3 unspecified atom stereocenters. The van der Waals surface area contributed by atoms with Crippen LogP contribution >= 0.6 is 0 Å². The second-order valence-electron chi connectivity index (χ2n) is 9.24. The molecule has 2 heteroatoms. The summed E-state index contributed by atoms with van der Waals surface area (Å²) in [5, 5.41) is 20.0. The quantitative estimate of drug-likeness (QED) is 0.369. The zero-order valence-corrected chi connectivity index (χ0v) is 20.1. The van der Waals surface area contributed by atoms with E-state index in [1.54, 1.807) is 19.4 Å². The van der Waals surface area contributed by atoms with Crippen LogP contribution in [0, 0.1) is 29.1 Å². The highest BCUT2D eigenvalue weighted by atomic mass is 16.3. The van der Waals surface area contributed by atoms with Gasteiger partial charge in [-0.2, -0.15) is 0 Å². The molecule has 0 aromatic rings. The summed E-state index contributed by atoms with van der Waals surface area (Å²) in [6.45, 7) is 20.0. The van der Waals surface area contributed by atoms with Crippen LogP contribution in [-0.4, -0.2) is 21.9 Å². The zero-order chi connectivity index (χ0) is 22.9. The number of hydrogen-bond donors (Lipinski definition) is 2. The van der Waals surface area contributed by atoms with Gasteiger partial charge in [-0.1, -0.05) is 56.9 Å². The van der Waals surface area contributed by atoms with Crippen molar-refractivity contribution in [2.75, 3.05) is 0 Å². The fourth-order valence-electron chi connectivity index (χ4n) is 5.17. The van der Waals surface area contributed by atoms with Gasteiger partial charge in [-0.15, -0.1) is 13.2 Å². The van der Waals surface area contributed by atoms with E-state index in [0.717, 1.165) is 31.3 Å². The molecule has 2 N–H and O–H groups in total. The summed E-state index contributed by atoms with van der Waals surface area (Å²) in [5.41, 5.74) is 3.00. The lowest BCUT2D eigenvalue weighted by atomic mass is 9.63. The number of allylic oxidation sites excluding steroid dienone is 3. The maximum absolute atomic E-state index is 10.0. The molecule has 0 saturated heterocycles. The van der Waals surface area contributed by atoms with Crippen LogP contribution in [0.3, 0.4) is 0 Å². The Morgan fingerprint density at radius 2 is 1.73 bits per heavy atom. The first-order valence-corrected chi connectivity index (χ1v) is 11.7. The summed E-state index contributed by atoms with van der Waals surface area (Å²) >= 11 is 0. The van der Waals surface area contributed by atoms with E-state index in [1.165, 1.54) is 31.3 Å². The molecule has 30 heavy (non-hydrogen) atoms. The molecule has 2 nitrogen and oxygen atoms in total. The average Bonchev–Trinajstić information content (AvgIpc) is 3.07. The molecule has 0 bridgehead atoms. The summed E-state index contributed by atoms with van der Waals surface area (Å²) in [7, 11) is 0. The summed E-state index contributed by atoms with van der Waals surface area (Å²) < 4.78 is 0. The third-order valence-corrected chi connectivity index (χ3v) is 6.75. The van der Waals surface area contributed by atoms with Crippen LogP contribution in [0.5, 0.6) is 0 Å². The smallest absolute Gasteiger partial charge is 0.119 e. The maximum atomic E-state index is 10.0. The highest BCUT2D eigenvalue weighted by molar-refractivity contribution is 5.38. The van der Waals surface area contributed by atoms with Gasteiger partial charge in [0.2, 0.25) is 0 Å². The molecule has 0 aliphatic heterocycles. The monoisotopic (exact) mass is 412 g/mol. The van der Waals surface area contributed by atoms with Crippen molar-refractivity contribution in [3.05, 3.63) is 48.6 Å². The Morgan fingerprint density at radius 1 is 1.07 bits per heavy atom. The summed E-state index contributed by atoms with van der Waals surface area (Å²) in [5.74, 6) is 7.45. The van der Waals surface area contributed by atoms with Crippen molar-refractivity contribution in [1.82, 2.24) is 0 Å². The van der Waals surface area contributed by atoms with Gasteiger partial charge in [-0.3, -0.25) is 0 Å². The van der Waals surface area contributed by atoms with Gasteiger partial charge in [0.05, 0.1) is 6.10 Å². The van der Waals surface area contributed by atoms with Gasteiger partial charge < -0.3 is 10.2 Å². The minimum Gasteiger partial charge on any atom is -0.388 e. The first-order chi connectivity index (χ1) is 14.2. The Bertz CT molecular complexity index is 694. The Labute approximate surface area is 185 Å². The standard InChI is InChI=1S/C24H34O2.C2H6.C2H4/c1-17-18(7-5-9-22(17)25)10-11-19-8-6-15-24(4)20(12-13-21(19)24)14-16-23(2,3)26;2*1-2/h10-11,20-22,25-26H,1,5-9,12-13,15H2,2-4H3;1-2H3;1-2H2/b18-10-,19-11+;;/t20?,21?,22-,24?;;/m0../s1. The molecule has 0 radical (unpaired) electrons. The number of rotatable bonds is 1. The van der Waals surface area contributed by atoms with Gasteiger partial charge in [0, 0.05) is 5.92 Å². The van der Waals surface area contributed by atoms with E-state index in [2.05, 4.69) is 50.7 Å². The van der Waals surface area contributed by atoms with E-state index >= 15 is 0 Å². The molecule has 0 heterocycles. The molecule has 3 fully saturated rings. The Hall–Kier alpha value is -1.56. The highest BCUT2D eigenvalue weighted by Gasteiger charge is 2.48. The molecular formula is C28H44O2. The van der Waals surface area contributed by atoms with Gasteiger partial charge >= 0.3 is 0 Å². The van der Waals surface area contributed by atoms with Crippen molar-refractivity contribution >= 4 is 0 Å². The summed E-state index contributed by atoms with van der Waals surface area (Å²) in [6, 6.07) is 0. The van der Waals surface area contributed by atoms with Gasteiger partial charge in [0.15, 0.2) is 0 Å². The van der Waals surface area contributed by atoms with Crippen LogP contribution in [0.1, 0.15) is 86.0 Å². The molecule has 4 atom stereocenters. The normalized spacial score (nSPS) is 33.4. The third kappa shape index (κ3) is 6.47. The van der Waals surface area contributed by atoms with E-state index in [4.69, 9.17) is 0 Å². The minimum atomic E-state index is -0.908. The lowest BCUT2D eigenvalue weighted by molar-refractivity contribution is 0.141. The van der Waals surface area contributed by atoms with Crippen molar-refractivity contribution in [2.24, 2.45) is 17.3 Å². The molecule has 3 saturated carbocycles. The highest BCUT2D eigenvalue weighted by Crippen LogP contribution is 2.57. The van der Waals surface area contributed by atoms with Gasteiger partial charge in [-0.05, 0) is 87.7 Å². The number of hydrogen-bond acceptors (Lipinski definition) is 2. The van der Waals surface area contributed by atoms with Crippen LogP contribution in [-0.2, 0) is 0 Å². The topological polar surface area (TPSA) is 40.5 Å².